The van der Waals surface area contributed by atoms with E-state index in [-0.39, 0.29) is 25.8 Å². The zero-order valence-corrected chi connectivity index (χ0v) is 20.1. The number of fused-ring (bicyclic) bond motifs is 3. The molecule has 1 aliphatic heterocycles. The number of ether oxygens (including phenoxy) is 3. The van der Waals surface area contributed by atoms with E-state index in [1.54, 1.807) is 20.8 Å². The van der Waals surface area contributed by atoms with E-state index in [2.05, 4.69) is 15.0 Å². The van der Waals surface area contributed by atoms with Gasteiger partial charge in [0.1, 0.15) is 17.7 Å². The first kappa shape index (κ1) is 25.1. The van der Waals surface area contributed by atoms with E-state index >= 15 is 0 Å². The number of carbonyl (C=O) groups excluding carboxylic acids is 4. The van der Waals surface area contributed by atoms with E-state index in [0.29, 0.717) is 0 Å². The molecule has 2 atom stereocenters. The zero-order chi connectivity index (χ0) is 25.0. The third-order valence-electron chi connectivity index (χ3n) is 5.60. The standard InChI is InChI=1S/C24H31N3O7/c1-24(2,3)34-23(31)27-13-18-15(14-8-6-7-9-16(14)25-18)12-19(27)21(29)26-17(22(30)33-5)10-11-20(28)32-4/h6-9,17,19,25H,10-13H2,1-5H3,(H,26,29)/t17-,19-/m0/s1. The molecule has 34 heavy (non-hydrogen) atoms. The summed E-state index contributed by atoms with van der Waals surface area (Å²) < 4.78 is 15.0. The Morgan fingerprint density at radius 1 is 1.15 bits per heavy atom. The number of aromatic amines is 1. The van der Waals surface area contributed by atoms with Crippen LogP contribution >= 0.6 is 0 Å². The third-order valence-corrected chi connectivity index (χ3v) is 5.60. The predicted molar refractivity (Wildman–Crippen MR) is 123 cm³/mol. The van der Waals surface area contributed by atoms with Crippen molar-refractivity contribution in [2.24, 2.45) is 0 Å². The molecule has 0 saturated carbocycles. The predicted octanol–water partition coefficient (Wildman–Crippen LogP) is 2.44. The van der Waals surface area contributed by atoms with E-state index in [4.69, 9.17) is 9.47 Å². The maximum Gasteiger partial charge on any atom is 0.411 e. The van der Waals surface area contributed by atoms with Crippen molar-refractivity contribution >= 4 is 34.8 Å². The summed E-state index contributed by atoms with van der Waals surface area (Å²) in [6, 6.07) is 5.71. The fourth-order valence-corrected chi connectivity index (χ4v) is 3.98. The van der Waals surface area contributed by atoms with Gasteiger partial charge in [-0.2, -0.15) is 0 Å². The molecule has 2 aromatic rings. The lowest BCUT2D eigenvalue weighted by Crippen LogP contribution is -2.56. The van der Waals surface area contributed by atoms with Crippen LogP contribution in [-0.4, -0.2) is 65.7 Å². The summed E-state index contributed by atoms with van der Waals surface area (Å²) in [6.45, 7) is 5.39. The summed E-state index contributed by atoms with van der Waals surface area (Å²) >= 11 is 0. The Morgan fingerprint density at radius 3 is 2.50 bits per heavy atom. The highest BCUT2D eigenvalue weighted by Gasteiger charge is 2.39. The van der Waals surface area contributed by atoms with Gasteiger partial charge in [-0.05, 0) is 38.8 Å². The number of rotatable bonds is 6. The minimum Gasteiger partial charge on any atom is -0.469 e. The molecule has 10 nitrogen and oxygen atoms in total. The molecule has 1 aromatic carbocycles. The van der Waals surface area contributed by atoms with Crippen LogP contribution in [0.1, 0.15) is 44.9 Å². The minimum absolute atomic E-state index is 0.00256. The first-order chi connectivity index (χ1) is 16.0. The Labute approximate surface area is 197 Å². The smallest absolute Gasteiger partial charge is 0.411 e. The number of para-hydroxylation sites is 1. The number of carbonyl (C=O) groups is 4. The molecule has 3 rings (SSSR count). The average molecular weight is 474 g/mol. The monoisotopic (exact) mass is 473 g/mol. The topological polar surface area (TPSA) is 127 Å². The molecule has 10 heteroatoms. The highest BCUT2D eigenvalue weighted by molar-refractivity contribution is 5.92. The summed E-state index contributed by atoms with van der Waals surface area (Å²) in [5.41, 5.74) is 1.91. The molecule has 0 fully saturated rings. The minimum atomic E-state index is -1.07. The number of amides is 2. The number of methoxy groups -OCH3 is 2. The molecule has 2 amide bonds. The van der Waals surface area contributed by atoms with Gasteiger partial charge in [-0.15, -0.1) is 0 Å². The van der Waals surface area contributed by atoms with Crippen molar-refractivity contribution < 1.29 is 33.4 Å². The lowest BCUT2D eigenvalue weighted by atomic mass is 9.96. The van der Waals surface area contributed by atoms with Crippen LogP contribution in [0.5, 0.6) is 0 Å². The molecule has 0 radical (unpaired) electrons. The average Bonchev–Trinajstić information content (AvgIpc) is 3.16. The third kappa shape index (κ3) is 5.67. The van der Waals surface area contributed by atoms with Gasteiger partial charge in [-0.25, -0.2) is 9.59 Å². The van der Waals surface area contributed by atoms with Crippen molar-refractivity contribution in [2.75, 3.05) is 14.2 Å². The van der Waals surface area contributed by atoms with Crippen LogP contribution in [0.3, 0.4) is 0 Å². The largest absolute Gasteiger partial charge is 0.469 e. The first-order valence-corrected chi connectivity index (χ1v) is 11.1. The maximum absolute atomic E-state index is 13.4. The van der Waals surface area contributed by atoms with E-state index in [1.807, 2.05) is 24.3 Å². The first-order valence-electron chi connectivity index (χ1n) is 11.1. The van der Waals surface area contributed by atoms with Gasteiger partial charge in [0, 0.05) is 29.4 Å². The molecule has 0 aliphatic carbocycles. The number of hydrogen-bond acceptors (Lipinski definition) is 7. The van der Waals surface area contributed by atoms with Crippen molar-refractivity contribution in [2.45, 2.75) is 64.3 Å². The van der Waals surface area contributed by atoms with Crippen molar-refractivity contribution in [1.82, 2.24) is 15.2 Å². The molecule has 0 saturated heterocycles. The molecule has 1 aromatic heterocycles. The number of benzene rings is 1. The fourth-order valence-electron chi connectivity index (χ4n) is 3.98. The second-order valence-electron chi connectivity index (χ2n) is 9.15. The van der Waals surface area contributed by atoms with Crippen LogP contribution in [0.25, 0.3) is 10.9 Å². The molecule has 1 aliphatic rings. The lowest BCUT2D eigenvalue weighted by Gasteiger charge is -2.36. The van der Waals surface area contributed by atoms with Crippen LogP contribution in [-0.2, 0) is 41.6 Å². The number of H-pyrrole nitrogens is 1. The summed E-state index contributed by atoms with van der Waals surface area (Å²) in [4.78, 5) is 54.9. The van der Waals surface area contributed by atoms with Crippen LogP contribution in [0.2, 0.25) is 0 Å². The van der Waals surface area contributed by atoms with Crippen molar-refractivity contribution in [3.63, 3.8) is 0 Å². The van der Waals surface area contributed by atoms with Crippen LogP contribution < -0.4 is 5.32 Å². The second-order valence-corrected chi connectivity index (χ2v) is 9.15. The van der Waals surface area contributed by atoms with Crippen LogP contribution in [0.15, 0.2) is 24.3 Å². The highest BCUT2D eigenvalue weighted by Crippen LogP contribution is 2.31. The normalized spacial score (nSPS) is 16.4. The summed E-state index contributed by atoms with van der Waals surface area (Å²) in [7, 11) is 2.44. The number of nitrogens with one attached hydrogen (secondary N) is 2. The van der Waals surface area contributed by atoms with Gasteiger partial charge in [-0.3, -0.25) is 14.5 Å². The maximum atomic E-state index is 13.4. The van der Waals surface area contributed by atoms with E-state index < -0.39 is 41.6 Å². The second kappa shape index (κ2) is 10.1. The molecular formula is C24H31N3O7. The summed E-state index contributed by atoms with van der Waals surface area (Å²) in [5, 5.41) is 3.62. The molecule has 0 bridgehead atoms. The Kier molecular flexibility index (Phi) is 7.48. The zero-order valence-electron chi connectivity index (χ0n) is 20.1. The Morgan fingerprint density at radius 2 is 1.85 bits per heavy atom. The number of nitrogens with zero attached hydrogens (tertiary/aromatic N) is 1. The van der Waals surface area contributed by atoms with Crippen molar-refractivity contribution in [3.05, 3.63) is 35.5 Å². The lowest BCUT2D eigenvalue weighted by molar-refractivity contribution is -0.147. The molecule has 184 valence electrons. The SMILES string of the molecule is COC(=O)CC[C@H](NC(=O)[C@@H]1Cc2c([nH]c3ccccc23)CN1C(=O)OC(C)(C)C)C(=O)OC. The van der Waals surface area contributed by atoms with Crippen LogP contribution in [0, 0.1) is 0 Å². The van der Waals surface area contributed by atoms with Gasteiger partial charge in [0.05, 0.1) is 20.8 Å². The number of hydrogen-bond donors (Lipinski definition) is 2. The van der Waals surface area contributed by atoms with Gasteiger partial charge in [0.25, 0.3) is 0 Å². The molecule has 0 spiro atoms. The van der Waals surface area contributed by atoms with Gasteiger partial charge in [0.15, 0.2) is 0 Å². The highest BCUT2D eigenvalue weighted by atomic mass is 16.6. The Hall–Kier alpha value is -3.56. The van der Waals surface area contributed by atoms with Crippen molar-refractivity contribution in [1.29, 1.82) is 0 Å². The molecular weight excluding hydrogens is 442 g/mol. The van der Waals surface area contributed by atoms with E-state index in [9.17, 15) is 19.2 Å². The van der Waals surface area contributed by atoms with Gasteiger partial charge >= 0.3 is 18.0 Å². The van der Waals surface area contributed by atoms with E-state index in [0.717, 1.165) is 22.2 Å². The number of esters is 2. The van der Waals surface area contributed by atoms with Gasteiger partial charge < -0.3 is 24.5 Å². The molecule has 2 heterocycles. The number of aromatic nitrogens is 1. The Bertz CT molecular complexity index is 1090. The van der Waals surface area contributed by atoms with Gasteiger partial charge in [-0.1, -0.05) is 18.2 Å². The quantitative estimate of drug-likeness (QED) is 0.487. The summed E-state index contributed by atoms with van der Waals surface area (Å²) in [5.74, 6) is -1.74. The molecule has 2 N–H and O–H groups in total. The van der Waals surface area contributed by atoms with Crippen LogP contribution in [0.4, 0.5) is 4.79 Å². The summed E-state index contributed by atoms with van der Waals surface area (Å²) in [6.07, 6.45) is -0.484. The van der Waals surface area contributed by atoms with Gasteiger partial charge in [0.2, 0.25) is 5.91 Å². The van der Waals surface area contributed by atoms with E-state index in [1.165, 1.54) is 19.1 Å². The molecule has 0 unspecified atom stereocenters. The van der Waals surface area contributed by atoms with Crippen molar-refractivity contribution in [3.8, 4) is 0 Å². The fraction of sp³-hybridized carbons (Fsp3) is 0.500. The Balaban J connectivity index is 1.90.